The number of benzene rings is 1. The highest BCUT2D eigenvalue weighted by atomic mass is 15.1. The third kappa shape index (κ3) is 2.90. The summed E-state index contributed by atoms with van der Waals surface area (Å²) >= 11 is 0. The van der Waals surface area contributed by atoms with Crippen molar-refractivity contribution in [3.05, 3.63) is 29.8 Å². The minimum Gasteiger partial charge on any atom is -0.303 e. The first-order valence-electron chi connectivity index (χ1n) is 5.66. The standard InChI is InChI=1S/C13H18N2/c1-14-13-6-4-12(5-7-13)8-11-15-9-2-3-10-15/h4-7H,1-3,8-11H2. The zero-order valence-corrected chi connectivity index (χ0v) is 9.15. The van der Waals surface area contributed by atoms with Crippen LogP contribution in [0.2, 0.25) is 0 Å². The summed E-state index contributed by atoms with van der Waals surface area (Å²) in [5, 5.41) is 0. The molecule has 0 N–H and O–H groups in total. The monoisotopic (exact) mass is 202 g/mol. The maximum atomic E-state index is 3.89. The van der Waals surface area contributed by atoms with Gasteiger partial charge in [0.1, 0.15) is 0 Å². The SMILES string of the molecule is C=Nc1ccc(CCN2CCCC2)cc1. The van der Waals surface area contributed by atoms with Crippen molar-refractivity contribution in [3.63, 3.8) is 0 Å². The zero-order chi connectivity index (χ0) is 10.5. The van der Waals surface area contributed by atoms with Gasteiger partial charge in [-0.2, -0.15) is 0 Å². The molecular weight excluding hydrogens is 184 g/mol. The quantitative estimate of drug-likeness (QED) is 0.685. The molecule has 0 bridgehead atoms. The average Bonchev–Trinajstić information content (AvgIpc) is 2.80. The number of rotatable bonds is 4. The van der Waals surface area contributed by atoms with E-state index in [4.69, 9.17) is 0 Å². The van der Waals surface area contributed by atoms with Gasteiger partial charge in [0.25, 0.3) is 0 Å². The van der Waals surface area contributed by atoms with Crippen LogP contribution in [0, 0.1) is 0 Å². The smallest absolute Gasteiger partial charge is 0.0622 e. The molecule has 0 aromatic heterocycles. The van der Waals surface area contributed by atoms with E-state index in [1.165, 1.54) is 38.0 Å². The third-order valence-electron chi connectivity index (χ3n) is 3.03. The fourth-order valence-corrected chi connectivity index (χ4v) is 2.06. The summed E-state index contributed by atoms with van der Waals surface area (Å²) in [4.78, 5) is 6.43. The number of hydrogen-bond donors (Lipinski definition) is 0. The van der Waals surface area contributed by atoms with Crippen LogP contribution < -0.4 is 0 Å². The summed E-state index contributed by atoms with van der Waals surface area (Å²) in [5.74, 6) is 0. The van der Waals surface area contributed by atoms with Gasteiger partial charge in [-0.3, -0.25) is 4.99 Å². The molecule has 0 unspecified atom stereocenters. The molecule has 80 valence electrons. The molecule has 0 radical (unpaired) electrons. The molecule has 1 aromatic carbocycles. The molecule has 1 aromatic rings. The molecule has 2 nitrogen and oxygen atoms in total. The van der Waals surface area contributed by atoms with Crippen molar-refractivity contribution in [2.45, 2.75) is 19.3 Å². The summed E-state index contributed by atoms with van der Waals surface area (Å²) in [6.45, 7) is 7.27. The van der Waals surface area contributed by atoms with Crippen LogP contribution in [0.25, 0.3) is 0 Å². The minimum absolute atomic E-state index is 0.958. The number of hydrogen-bond acceptors (Lipinski definition) is 2. The Morgan fingerprint density at radius 3 is 2.40 bits per heavy atom. The van der Waals surface area contributed by atoms with Gasteiger partial charge < -0.3 is 4.90 Å². The van der Waals surface area contributed by atoms with Gasteiger partial charge in [-0.25, -0.2) is 0 Å². The molecule has 1 saturated heterocycles. The van der Waals surface area contributed by atoms with Gasteiger partial charge in [0.05, 0.1) is 5.69 Å². The molecule has 2 heteroatoms. The van der Waals surface area contributed by atoms with Crippen molar-refractivity contribution in [2.24, 2.45) is 4.99 Å². The van der Waals surface area contributed by atoms with E-state index in [-0.39, 0.29) is 0 Å². The Labute approximate surface area is 91.6 Å². The van der Waals surface area contributed by atoms with Crippen LogP contribution in [0.15, 0.2) is 29.3 Å². The molecule has 1 heterocycles. The van der Waals surface area contributed by atoms with Gasteiger partial charge in [-0.05, 0) is 56.8 Å². The molecule has 1 aliphatic rings. The van der Waals surface area contributed by atoms with Crippen LogP contribution in [-0.2, 0) is 6.42 Å². The van der Waals surface area contributed by atoms with Crippen LogP contribution in [-0.4, -0.2) is 31.3 Å². The normalized spacial score (nSPS) is 16.8. The summed E-state index contributed by atoms with van der Waals surface area (Å²) in [6.07, 6.45) is 3.90. The molecule has 0 saturated carbocycles. The van der Waals surface area contributed by atoms with Crippen LogP contribution in [0.4, 0.5) is 5.69 Å². The van der Waals surface area contributed by atoms with E-state index < -0.39 is 0 Å². The van der Waals surface area contributed by atoms with E-state index in [9.17, 15) is 0 Å². The fourth-order valence-electron chi connectivity index (χ4n) is 2.06. The van der Waals surface area contributed by atoms with E-state index in [0.717, 1.165) is 12.1 Å². The van der Waals surface area contributed by atoms with Crippen LogP contribution in [0.1, 0.15) is 18.4 Å². The second kappa shape index (κ2) is 5.08. The van der Waals surface area contributed by atoms with E-state index in [1.54, 1.807) is 0 Å². The van der Waals surface area contributed by atoms with E-state index in [1.807, 2.05) is 12.1 Å². The highest BCUT2D eigenvalue weighted by Gasteiger charge is 2.10. The number of nitrogens with zero attached hydrogens (tertiary/aromatic N) is 2. The van der Waals surface area contributed by atoms with Gasteiger partial charge >= 0.3 is 0 Å². The zero-order valence-electron chi connectivity index (χ0n) is 9.15. The van der Waals surface area contributed by atoms with Crippen molar-refractivity contribution < 1.29 is 0 Å². The predicted octanol–water partition coefficient (Wildman–Crippen LogP) is 2.66. The maximum absolute atomic E-state index is 3.89. The molecule has 1 fully saturated rings. The maximum Gasteiger partial charge on any atom is 0.0622 e. The van der Waals surface area contributed by atoms with E-state index in [2.05, 4.69) is 28.7 Å². The van der Waals surface area contributed by atoms with Crippen LogP contribution in [0.3, 0.4) is 0 Å². The Bertz CT molecular complexity index is 310. The predicted molar refractivity (Wildman–Crippen MR) is 65.0 cm³/mol. The topological polar surface area (TPSA) is 15.6 Å². The van der Waals surface area contributed by atoms with Gasteiger partial charge in [0.15, 0.2) is 0 Å². The summed E-state index contributed by atoms with van der Waals surface area (Å²) in [5.41, 5.74) is 2.36. The minimum atomic E-state index is 0.958. The van der Waals surface area contributed by atoms with Gasteiger partial charge in [-0.1, -0.05) is 12.1 Å². The van der Waals surface area contributed by atoms with Crippen molar-refractivity contribution in [1.29, 1.82) is 0 Å². The Hall–Kier alpha value is -1.15. The lowest BCUT2D eigenvalue weighted by Crippen LogP contribution is -2.21. The second-order valence-corrected chi connectivity index (χ2v) is 4.12. The first-order chi connectivity index (χ1) is 7.38. The molecular formula is C13H18N2. The van der Waals surface area contributed by atoms with Gasteiger partial charge in [-0.15, -0.1) is 0 Å². The fraction of sp³-hybridized carbons (Fsp3) is 0.462. The Balaban J connectivity index is 1.84. The largest absolute Gasteiger partial charge is 0.303 e. The van der Waals surface area contributed by atoms with Gasteiger partial charge in [0.2, 0.25) is 0 Å². The lowest BCUT2D eigenvalue weighted by Gasteiger charge is -2.13. The highest BCUT2D eigenvalue weighted by Crippen LogP contribution is 2.13. The first kappa shape index (κ1) is 10.4. The Morgan fingerprint density at radius 2 is 1.80 bits per heavy atom. The average molecular weight is 202 g/mol. The van der Waals surface area contributed by atoms with Crippen molar-refractivity contribution in [2.75, 3.05) is 19.6 Å². The lowest BCUT2D eigenvalue weighted by molar-refractivity contribution is 0.343. The summed E-state index contributed by atoms with van der Waals surface area (Å²) < 4.78 is 0. The summed E-state index contributed by atoms with van der Waals surface area (Å²) in [6, 6.07) is 8.37. The lowest BCUT2D eigenvalue weighted by atomic mass is 10.1. The Kier molecular flexibility index (Phi) is 3.51. The number of aliphatic imine (C=N–C) groups is 1. The molecule has 15 heavy (non-hydrogen) atoms. The van der Waals surface area contributed by atoms with Gasteiger partial charge in [0, 0.05) is 6.54 Å². The summed E-state index contributed by atoms with van der Waals surface area (Å²) in [7, 11) is 0. The van der Waals surface area contributed by atoms with Crippen molar-refractivity contribution >= 4 is 12.4 Å². The highest BCUT2D eigenvalue weighted by molar-refractivity contribution is 5.45. The van der Waals surface area contributed by atoms with Crippen LogP contribution >= 0.6 is 0 Å². The first-order valence-corrected chi connectivity index (χ1v) is 5.66. The molecule has 0 spiro atoms. The molecule has 0 amide bonds. The molecule has 1 aliphatic heterocycles. The number of likely N-dealkylation sites (tertiary alicyclic amines) is 1. The van der Waals surface area contributed by atoms with E-state index >= 15 is 0 Å². The van der Waals surface area contributed by atoms with E-state index in [0.29, 0.717) is 0 Å². The molecule has 0 atom stereocenters. The van der Waals surface area contributed by atoms with Crippen molar-refractivity contribution in [3.8, 4) is 0 Å². The molecule has 2 rings (SSSR count). The van der Waals surface area contributed by atoms with Crippen molar-refractivity contribution in [1.82, 2.24) is 4.90 Å². The molecule has 0 aliphatic carbocycles. The van der Waals surface area contributed by atoms with Crippen LogP contribution in [0.5, 0.6) is 0 Å². The second-order valence-electron chi connectivity index (χ2n) is 4.12. The Morgan fingerprint density at radius 1 is 1.13 bits per heavy atom. The third-order valence-corrected chi connectivity index (χ3v) is 3.03.